The maximum atomic E-state index is 13.7. The molecule has 0 fully saturated rings. The summed E-state index contributed by atoms with van der Waals surface area (Å²) in [6.07, 6.45) is 0.511. The van der Waals surface area contributed by atoms with Gasteiger partial charge in [0, 0.05) is 11.6 Å². The Morgan fingerprint density at radius 3 is 2.56 bits per heavy atom. The van der Waals surface area contributed by atoms with Gasteiger partial charge in [0.05, 0.1) is 4.47 Å². The Balaban J connectivity index is 2.90. The molecule has 1 unspecified atom stereocenters. The molecule has 0 aliphatic heterocycles. The molecule has 1 atom stereocenters. The predicted molar refractivity (Wildman–Crippen MR) is 64.2 cm³/mol. The standard InChI is InChI=1S/C11H15BrF2N2/c1-16(2)6-5-9(15)10-8(13)4-3-7(12)11(10)14/h3-4,9H,5-6,15H2,1-2H3. The van der Waals surface area contributed by atoms with E-state index in [1.165, 1.54) is 12.1 Å². The Labute approximate surface area is 103 Å². The van der Waals surface area contributed by atoms with Crippen LogP contribution < -0.4 is 5.73 Å². The fourth-order valence-electron chi connectivity index (χ4n) is 1.42. The third-order valence-electron chi connectivity index (χ3n) is 2.34. The maximum Gasteiger partial charge on any atom is 0.145 e. The van der Waals surface area contributed by atoms with Crippen LogP contribution in [-0.2, 0) is 0 Å². The minimum Gasteiger partial charge on any atom is -0.324 e. The van der Waals surface area contributed by atoms with Crippen LogP contribution in [0.4, 0.5) is 8.78 Å². The SMILES string of the molecule is CN(C)CCC(N)c1c(F)ccc(Br)c1F. The second-order valence-corrected chi connectivity index (χ2v) is 4.81. The molecule has 1 aromatic carbocycles. The molecule has 0 saturated carbocycles. The summed E-state index contributed by atoms with van der Waals surface area (Å²) in [6.45, 7) is 0.687. The summed E-state index contributed by atoms with van der Waals surface area (Å²) in [7, 11) is 3.78. The van der Waals surface area contributed by atoms with E-state index in [0.29, 0.717) is 13.0 Å². The highest BCUT2D eigenvalue weighted by molar-refractivity contribution is 9.10. The number of nitrogens with zero attached hydrogens (tertiary/aromatic N) is 1. The molecule has 0 amide bonds. The van der Waals surface area contributed by atoms with Crippen LogP contribution in [-0.4, -0.2) is 25.5 Å². The van der Waals surface area contributed by atoms with Crippen molar-refractivity contribution in [2.75, 3.05) is 20.6 Å². The van der Waals surface area contributed by atoms with Gasteiger partial charge in [0.1, 0.15) is 11.6 Å². The lowest BCUT2D eigenvalue weighted by Crippen LogP contribution is -2.21. The van der Waals surface area contributed by atoms with Crippen molar-refractivity contribution in [2.24, 2.45) is 5.73 Å². The summed E-state index contributed by atoms with van der Waals surface area (Å²) >= 11 is 3.02. The van der Waals surface area contributed by atoms with Gasteiger partial charge >= 0.3 is 0 Å². The molecule has 0 heterocycles. The summed E-state index contributed by atoms with van der Waals surface area (Å²) in [5, 5.41) is 0. The van der Waals surface area contributed by atoms with Gasteiger partial charge in [-0.3, -0.25) is 0 Å². The van der Waals surface area contributed by atoms with Crippen molar-refractivity contribution in [3.8, 4) is 0 Å². The van der Waals surface area contributed by atoms with Crippen LogP contribution in [0.1, 0.15) is 18.0 Å². The number of benzene rings is 1. The van der Waals surface area contributed by atoms with Crippen molar-refractivity contribution in [1.82, 2.24) is 4.90 Å². The molecule has 90 valence electrons. The van der Waals surface area contributed by atoms with Crippen LogP contribution in [0.3, 0.4) is 0 Å². The first kappa shape index (κ1) is 13.5. The van der Waals surface area contributed by atoms with E-state index in [2.05, 4.69) is 15.9 Å². The average molecular weight is 293 g/mol. The van der Waals surface area contributed by atoms with Crippen molar-refractivity contribution in [2.45, 2.75) is 12.5 Å². The van der Waals surface area contributed by atoms with Crippen molar-refractivity contribution in [3.05, 3.63) is 33.8 Å². The third-order valence-corrected chi connectivity index (χ3v) is 2.95. The second-order valence-electron chi connectivity index (χ2n) is 3.96. The lowest BCUT2D eigenvalue weighted by Gasteiger charge is -2.17. The summed E-state index contributed by atoms with van der Waals surface area (Å²) in [6, 6.07) is 1.94. The molecule has 0 aliphatic carbocycles. The first-order chi connectivity index (χ1) is 7.43. The van der Waals surface area contributed by atoms with Gasteiger partial charge in [-0.2, -0.15) is 0 Å². The quantitative estimate of drug-likeness (QED) is 0.865. The van der Waals surface area contributed by atoms with E-state index in [-0.39, 0.29) is 10.0 Å². The summed E-state index contributed by atoms with van der Waals surface area (Å²) in [4.78, 5) is 1.92. The van der Waals surface area contributed by atoms with Crippen LogP contribution in [0.25, 0.3) is 0 Å². The molecular formula is C11H15BrF2N2. The maximum absolute atomic E-state index is 13.7. The second kappa shape index (κ2) is 5.70. The normalized spacial score (nSPS) is 13.2. The van der Waals surface area contributed by atoms with Gasteiger partial charge in [-0.15, -0.1) is 0 Å². The largest absolute Gasteiger partial charge is 0.324 e. The zero-order valence-electron chi connectivity index (χ0n) is 9.30. The van der Waals surface area contributed by atoms with Crippen LogP contribution in [0.5, 0.6) is 0 Å². The Morgan fingerprint density at radius 2 is 2.00 bits per heavy atom. The number of hydrogen-bond donors (Lipinski definition) is 1. The van der Waals surface area contributed by atoms with E-state index in [1.54, 1.807) is 0 Å². The summed E-state index contributed by atoms with van der Waals surface area (Å²) < 4.78 is 27.3. The molecule has 1 rings (SSSR count). The Morgan fingerprint density at radius 1 is 1.38 bits per heavy atom. The smallest absolute Gasteiger partial charge is 0.145 e. The molecule has 5 heteroatoms. The van der Waals surface area contributed by atoms with Gasteiger partial charge in [-0.05, 0) is 55.1 Å². The zero-order chi connectivity index (χ0) is 12.3. The summed E-state index contributed by atoms with van der Waals surface area (Å²) in [5.41, 5.74) is 5.74. The highest BCUT2D eigenvalue weighted by Gasteiger charge is 2.18. The fourth-order valence-corrected chi connectivity index (χ4v) is 1.77. The minimum absolute atomic E-state index is 0.0452. The minimum atomic E-state index is -0.625. The van der Waals surface area contributed by atoms with Crippen LogP contribution in [0, 0.1) is 11.6 Å². The van der Waals surface area contributed by atoms with Crippen LogP contribution >= 0.6 is 15.9 Å². The Hall–Kier alpha value is -0.520. The molecular weight excluding hydrogens is 278 g/mol. The Kier molecular flexibility index (Phi) is 4.83. The molecule has 0 spiro atoms. The van der Waals surface area contributed by atoms with Crippen molar-refractivity contribution in [1.29, 1.82) is 0 Å². The van der Waals surface area contributed by atoms with Gasteiger partial charge in [0.25, 0.3) is 0 Å². The number of halogens is 3. The van der Waals surface area contributed by atoms with E-state index in [4.69, 9.17) is 5.73 Å². The van der Waals surface area contributed by atoms with E-state index < -0.39 is 17.7 Å². The van der Waals surface area contributed by atoms with E-state index in [0.717, 1.165) is 0 Å². The molecule has 2 nitrogen and oxygen atoms in total. The summed E-state index contributed by atoms with van der Waals surface area (Å²) in [5.74, 6) is -1.20. The number of hydrogen-bond acceptors (Lipinski definition) is 2. The van der Waals surface area contributed by atoms with E-state index in [9.17, 15) is 8.78 Å². The molecule has 0 bridgehead atoms. The van der Waals surface area contributed by atoms with Crippen LogP contribution in [0.2, 0.25) is 0 Å². The van der Waals surface area contributed by atoms with Crippen molar-refractivity contribution >= 4 is 15.9 Å². The molecule has 0 aliphatic rings. The zero-order valence-corrected chi connectivity index (χ0v) is 10.9. The van der Waals surface area contributed by atoms with Gasteiger partial charge in [0.15, 0.2) is 0 Å². The molecule has 0 aromatic heterocycles. The first-order valence-electron chi connectivity index (χ1n) is 4.97. The highest BCUT2D eigenvalue weighted by Crippen LogP contribution is 2.27. The first-order valence-corrected chi connectivity index (χ1v) is 5.76. The number of nitrogens with two attached hydrogens (primary N) is 1. The fraction of sp³-hybridized carbons (Fsp3) is 0.455. The highest BCUT2D eigenvalue weighted by atomic mass is 79.9. The van der Waals surface area contributed by atoms with Gasteiger partial charge in [-0.1, -0.05) is 0 Å². The van der Waals surface area contributed by atoms with E-state index in [1.807, 2.05) is 19.0 Å². The van der Waals surface area contributed by atoms with Gasteiger partial charge < -0.3 is 10.6 Å². The van der Waals surface area contributed by atoms with E-state index >= 15 is 0 Å². The molecule has 0 saturated heterocycles. The Bertz CT molecular complexity index is 369. The monoisotopic (exact) mass is 292 g/mol. The molecule has 1 aromatic rings. The lowest BCUT2D eigenvalue weighted by atomic mass is 10.0. The third kappa shape index (κ3) is 3.23. The molecule has 2 N–H and O–H groups in total. The average Bonchev–Trinajstić information content (AvgIpc) is 2.21. The lowest BCUT2D eigenvalue weighted by molar-refractivity contribution is 0.375. The topological polar surface area (TPSA) is 29.3 Å². The predicted octanol–water partition coefficient (Wildman–Crippen LogP) is 2.68. The molecule has 16 heavy (non-hydrogen) atoms. The van der Waals surface area contributed by atoms with Gasteiger partial charge in [0.2, 0.25) is 0 Å². The van der Waals surface area contributed by atoms with Crippen LogP contribution in [0.15, 0.2) is 16.6 Å². The number of rotatable bonds is 4. The van der Waals surface area contributed by atoms with Crippen molar-refractivity contribution < 1.29 is 8.78 Å². The molecule has 0 radical (unpaired) electrons. The van der Waals surface area contributed by atoms with Crippen molar-refractivity contribution in [3.63, 3.8) is 0 Å². The van der Waals surface area contributed by atoms with Gasteiger partial charge in [-0.25, -0.2) is 8.78 Å².